The van der Waals surface area contributed by atoms with E-state index in [9.17, 15) is 0 Å². The maximum absolute atomic E-state index is 4.88. The molecule has 2 aliphatic heterocycles. The summed E-state index contributed by atoms with van der Waals surface area (Å²) in [6.07, 6.45) is 8.15. The Bertz CT molecular complexity index is 968. The summed E-state index contributed by atoms with van der Waals surface area (Å²) >= 11 is 0. The Hall–Kier alpha value is -2.67. The van der Waals surface area contributed by atoms with Gasteiger partial charge in [0.15, 0.2) is 5.82 Å². The van der Waals surface area contributed by atoms with Gasteiger partial charge in [-0.05, 0) is 51.8 Å². The van der Waals surface area contributed by atoms with Crippen molar-refractivity contribution >= 4 is 28.4 Å². The largest absolute Gasteiger partial charge is 0.367 e. The molecule has 0 saturated carbocycles. The molecule has 3 aromatic rings. The van der Waals surface area contributed by atoms with Crippen LogP contribution in [0.3, 0.4) is 0 Å². The Morgan fingerprint density at radius 2 is 1.96 bits per heavy atom. The first kappa shape index (κ1) is 17.4. The Balaban J connectivity index is 1.44. The molecule has 2 saturated heterocycles. The van der Waals surface area contributed by atoms with E-state index in [4.69, 9.17) is 4.98 Å². The summed E-state index contributed by atoms with van der Waals surface area (Å²) in [6.45, 7) is 1.98. The number of fused-ring (bicyclic) bond motifs is 3. The summed E-state index contributed by atoms with van der Waals surface area (Å²) in [4.78, 5) is 12.0. The fourth-order valence-electron chi connectivity index (χ4n) is 4.79. The fourth-order valence-corrected chi connectivity index (χ4v) is 4.79. The number of aromatic amines is 1. The van der Waals surface area contributed by atoms with Crippen molar-refractivity contribution in [2.45, 2.75) is 57.2 Å². The summed E-state index contributed by atoms with van der Waals surface area (Å²) in [5.41, 5.74) is 1.94. The maximum atomic E-state index is 4.88. The highest BCUT2D eigenvalue weighted by atomic mass is 15.2. The van der Waals surface area contributed by atoms with Crippen molar-refractivity contribution in [1.29, 1.82) is 0 Å². The Kier molecular flexibility index (Phi) is 4.39. The SMILES string of the molecule is Cc1cc(Nc2cc3ncccc3c(NC3C[C@H]4CCC[C@@H](C3)N4C)n2)n[nH]1. The van der Waals surface area contributed by atoms with Crippen molar-refractivity contribution in [2.75, 3.05) is 17.7 Å². The molecule has 0 aromatic carbocycles. The summed E-state index contributed by atoms with van der Waals surface area (Å²) < 4.78 is 0. The number of nitrogens with one attached hydrogen (secondary N) is 3. The quantitative estimate of drug-likeness (QED) is 0.641. The second-order valence-corrected chi connectivity index (χ2v) is 8.20. The van der Waals surface area contributed by atoms with Crippen LogP contribution in [0.5, 0.6) is 0 Å². The molecule has 28 heavy (non-hydrogen) atoms. The minimum absolute atomic E-state index is 0.449. The third-order valence-corrected chi connectivity index (χ3v) is 6.24. The smallest absolute Gasteiger partial charge is 0.153 e. The number of aromatic nitrogens is 4. The molecule has 5 rings (SSSR count). The molecule has 0 aliphatic carbocycles. The number of nitrogens with zero attached hydrogens (tertiary/aromatic N) is 4. The van der Waals surface area contributed by atoms with Crippen LogP contribution < -0.4 is 10.6 Å². The van der Waals surface area contributed by atoms with Gasteiger partial charge in [0.2, 0.25) is 0 Å². The van der Waals surface area contributed by atoms with Crippen molar-refractivity contribution in [2.24, 2.45) is 0 Å². The lowest BCUT2D eigenvalue weighted by atomic mass is 9.82. The van der Waals surface area contributed by atoms with E-state index in [1.807, 2.05) is 31.3 Å². The number of anilines is 3. The lowest BCUT2D eigenvalue weighted by molar-refractivity contribution is 0.0608. The van der Waals surface area contributed by atoms with Crippen LogP contribution in [0.4, 0.5) is 17.5 Å². The van der Waals surface area contributed by atoms with Gasteiger partial charge >= 0.3 is 0 Å². The molecule has 0 amide bonds. The number of aryl methyl sites for hydroxylation is 1. The van der Waals surface area contributed by atoms with Crippen molar-refractivity contribution in [3.8, 4) is 0 Å². The van der Waals surface area contributed by atoms with Crippen molar-refractivity contribution in [3.05, 3.63) is 36.2 Å². The molecule has 3 atom stereocenters. The van der Waals surface area contributed by atoms with E-state index in [2.05, 4.69) is 43.8 Å². The summed E-state index contributed by atoms with van der Waals surface area (Å²) in [7, 11) is 2.29. The fraction of sp³-hybridized carbons (Fsp3) is 0.476. The molecule has 2 aliphatic rings. The molecule has 3 aromatic heterocycles. The van der Waals surface area contributed by atoms with Crippen LogP contribution in [0.15, 0.2) is 30.5 Å². The van der Waals surface area contributed by atoms with Gasteiger partial charge in [-0.3, -0.25) is 10.1 Å². The van der Waals surface area contributed by atoms with Crippen LogP contribution in [-0.4, -0.2) is 50.2 Å². The van der Waals surface area contributed by atoms with Crippen LogP contribution in [0.2, 0.25) is 0 Å². The van der Waals surface area contributed by atoms with Gasteiger partial charge < -0.3 is 15.5 Å². The number of rotatable bonds is 4. The zero-order valence-corrected chi connectivity index (χ0v) is 16.4. The second-order valence-electron chi connectivity index (χ2n) is 8.20. The minimum Gasteiger partial charge on any atom is -0.367 e. The molecule has 0 radical (unpaired) electrons. The van der Waals surface area contributed by atoms with Crippen molar-refractivity contribution in [3.63, 3.8) is 0 Å². The Labute approximate surface area is 165 Å². The highest BCUT2D eigenvalue weighted by Crippen LogP contribution is 2.35. The molecular weight excluding hydrogens is 350 g/mol. The molecule has 7 nitrogen and oxygen atoms in total. The second kappa shape index (κ2) is 7.05. The first-order valence-electron chi connectivity index (χ1n) is 10.2. The third kappa shape index (κ3) is 3.30. The van der Waals surface area contributed by atoms with Gasteiger partial charge in [0, 0.05) is 47.5 Å². The predicted molar refractivity (Wildman–Crippen MR) is 112 cm³/mol. The van der Waals surface area contributed by atoms with Gasteiger partial charge in [-0.1, -0.05) is 6.42 Å². The molecule has 0 spiro atoms. The predicted octanol–water partition coefficient (Wildman–Crippen LogP) is 3.83. The van der Waals surface area contributed by atoms with E-state index in [1.54, 1.807) is 0 Å². The lowest BCUT2D eigenvalue weighted by Crippen LogP contribution is -2.52. The lowest BCUT2D eigenvalue weighted by Gasteiger charge is -2.47. The van der Waals surface area contributed by atoms with Crippen LogP contribution in [0.1, 0.15) is 37.8 Å². The molecule has 146 valence electrons. The highest BCUT2D eigenvalue weighted by molar-refractivity contribution is 5.91. The van der Waals surface area contributed by atoms with Gasteiger partial charge in [-0.25, -0.2) is 4.98 Å². The van der Waals surface area contributed by atoms with Crippen molar-refractivity contribution < 1.29 is 0 Å². The van der Waals surface area contributed by atoms with Gasteiger partial charge in [0.05, 0.1) is 5.52 Å². The normalized spacial score (nSPS) is 25.0. The van der Waals surface area contributed by atoms with Gasteiger partial charge in [0.1, 0.15) is 11.6 Å². The third-order valence-electron chi connectivity index (χ3n) is 6.24. The molecule has 3 N–H and O–H groups in total. The summed E-state index contributed by atoms with van der Waals surface area (Å²) in [6, 6.07) is 9.83. The monoisotopic (exact) mass is 377 g/mol. The number of hydrogen-bond acceptors (Lipinski definition) is 6. The zero-order chi connectivity index (χ0) is 19.1. The molecular formula is C21H27N7. The average molecular weight is 377 g/mol. The summed E-state index contributed by atoms with van der Waals surface area (Å²) in [5.74, 6) is 2.43. The van der Waals surface area contributed by atoms with E-state index < -0.39 is 0 Å². The van der Waals surface area contributed by atoms with Crippen LogP contribution in [-0.2, 0) is 0 Å². The number of hydrogen-bond donors (Lipinski definition) is 3. The molecule has 2 fully saturated rings. The van der Waals surface area contributed by atoms with Crippen LogP contribution in [0.25, 0.3) is 10.9 Å². The number of H-pyrrole nitrogens is 1. The number of piperidine rings is 2. The molecule has 2 bridgehead atoms. The highest BCUT2D eigenvalue weighted by Gasteiger charge is 2.36. The van der Waals surface area contributed by atoms with Gasteiger partial charge in [-0.15, -0.1) is 0 Å². The van der Waals surface area contributed by atoms with E-state index in [1.165, 1.54) is 32.1 Å². The van der Waals surface area contributed by atoms with Gasteiger partial charge in [-0.2, -0.15) is 5.10 Å². The maximum Gasteiger partial charge on any atom is 0.153 e. The molecule has 7 heteroatoms. The first-order chi connectivity index (χ1) is 13.7. The van der Waals surface area contributed by atoms with E-state index in [0.717, 1.165) is 34.1 Å². The van der Waals surface area contributed by atoms with Crippen molar-refractivity contribution in [1.82, 2.24) is 25.1 Å². The molecule has 5 heterocycles. The van der Waals surface area contributed by atoms with E-state index in [-0.39, 0.29) is 0 Å². The first-order valence-corrected chi connectivity index (χ1v) is 10.2. The standard InChI is InChI=1S/C21H27N7/c1-13-9-20(27-26-13)24-19-12-18-17(7-4-8-22-18)21(25-19)23-14-10-15-5-3-6-16(11-14)28(15)2/h4,7-9,12,14-16H,3,5-6,10-11H2,1-2H3,(H3,23,24,25,26,27)/t14?,15-,16+. The Morgan fingerprint density at radius 3 is 2.71 bits per heavy atom. The van der Waals surface area contributed by atoms with Crippen LogP contribution >= 0.6 is 0 Å². The average Bonchev–Trinajstić information content (AvgIpc) is 3.07. The molecule has 1 unspecified atom stereocenters. The summed E-state index contributed by atoms with van der Waals surface area (Å²) in [5, 5.41) is 15.3. The van der Waals surface area contributed by atoms with Crippen LogP contribution in [0, 0.1) is 6.92 Å². The van der Waals surface area contributed by atoms with E-state index >= 15 is 0 Å². The zero-order valence-electron chi connectivity index (χ0n) is 16.4. The minimum atomic E-state index is 0.449. The van der Waals surface area contributed by atoms with E-state index in [0.29, 0.717) is 18.1 Å². The number of pyridine rings is 2. The topological polar surface area (TPSA) is 81.8 Å². The van der Waals surface area contributed by atoms with Gasteiger partial charge in [0.25, 0.3) is 0 Å². The Morgan fingerprint density at radius 1 is 1.14 bits per heavy atom.